The van der Waals surface area contributed by atoms with Crippen molar-refractivity contribution < 1.29 is 24.3 Å². The van der Waals surface area contributed by atoms with E-state index in [9.17, 15) is 24.3 Å². The van der Waals surface area contributed by atoms with E-state index in [-0.39, 0.29) is 36.6 Å². The van der Waals surface area contributed by atoms with Crippen LogP contribution in [0, 0.1) is 30.1 Å². The number of anilines is 2. The zero-order valence-corrected chi connectivity index (χ0v) is 25.6. The molecule has 0 aromatic heterocycles. The van der Waals surface area contributed by atoms with E-state index in [1.165, 1.54) is 6.42 Å². The van der Waals surface area contributed by atoms with Gasteiger partial charge in [0.15, 0.2) is 0 Å². The average Bonchev–Trinajstić information content (AvgIpc) is 3.66. The van der Waals surface area contributed by atoms with Crippen LogP contribution in [0.3, 0.4) is 0 Å². The summed E-state index contributed by atoms with van der Waals surface area (Å²) in [5.41, 5.74) is 2.38. The molecule has 4 amide bonds. The molecule has 2 aliphatic carbocycles. The molecule has 2 aliphatic heterocycles. The first kappa shape index (κ1) is 30.8. The van der Waals surface area contributed by atoms with E-state index >= 15 is 0 Å². The van der Waals surface area contributed by atoms with Crippen LogP contribution in [0.1, 0.15) is 73.7 Å². The van der Waals surface area contributed by atoms with E-state index in [1.807, 2.05) is 30.3 Å². The number of carbonyl (C=O) groups is 4. The molecular weight excluding hydrogens is 568 g/mol. The molecule has 0 spiro atoms. The van der Waals surface area contributed by atoms with Crippen LogP contribution in [0.4, 0.5) is 11.4 Å². The summed E-state index contributed by atoms with van der Waals surface area (Å²) < 4.78 is 0. The second-order valence-corrected chi connectivity index (χ2v) is 13.1. The van der Waals surface area contributed by atoms with Crippen molar-refractivity contribution in [2.24, 2.45) is 17.8 Å². The second-order valence-electron chi connectivity index (χ2n) is 13.1. The van der Waals surface area contributed by atoms with Crippen LogP contribution in [0.15, 0.2) is 48.5 Å². The van der Waals surface area contributed by atoms with Crippen molar-refractivity contribution in [3.8, 4) is 12.3 Å². The number of hydrogen-bond donors (Lipinski definition) is 3. The van der Waals surface area contributed by atoms with Crippen molar-refractivity contribution in [3.63, 3.8) is 0 Å². The van der Waals surface area contributed by atoms with Gasteiger partial charge in [-0.1, -0.05) is 30.3 Å². The summed E-state index contributed by atoms with van der Waals surface area (Å²) in [5, 5.41) is 17.8. The van der Waals surface area contributed by atoms with Gasteiger partial charge >= 0.3 is 0 Å². The lowest BCUT2D eigenvalue weighted by Crippen LogP contribution is -2.58. The predicted molar refractivity (Wildman–Crippen MR) is 171 cm³/mol. The van der Waals surface area contributed by atoms with Gasteiger partial charge in [-0.2, -0.15) is 0 Å². The monoisotopic (exact) mass is 610 g/mol. The minimum atomic E-state index is -1.06. The molecule has 6 rings (SSSR count). The van der Waals surface area contributed by atoms with Crippen molar-refractivity contribution in [3.05, 3.63) is 59.7 Å². The van der Waals surface area contributed by atoms with Crippen LogP contribution in [-0.2, 0) is 20.8 Å². The number of hydrogen-bond acceptors (Lipinski definition) is 5. The summed E-state index contributed by atoms with van der Waals surface area (Å²) in [5.74, 6) is 2.69. The van der Waals surface area contributed by atoms with Crippen molar-refractivity contribution in [1.82, 2.24) is 10.6 Å². The third kappa shape index (κ3) is 6.76. The molecule has 2 aromatic carbocycles. The number of rotatable bonds is 12. The highest BCUT2D eigenvalue weighted by atomic mass is 16.3. The molecule has 9 heteroatoms. The lowest BCUT2D eigenvalue weighted by Gasteiger charge is -2.53. The molecule has 6 atom stereocenters. The van der Waals surface area contributed by atoms with E-state index in [4.69, 9.17) is 6.42 Å². The van der Waals surface area contributed by atoms with Gasteiger partial charge in [0.25, 0.3) is 5.91 Å². The number of amides is 4. The normalized spacial score (nSPS) is 24.1. The van der Waals surface area contributed by atoms with Gasteiger partial charge < -0.3 is 25.5 Å². The molecule has 2 heterocycles. The number of benzene rings is 2. The number of nitrogens with zero attached hydrogens (tertiary/aromatic N) is 2. The molecule has 45 heavy (non-hydrogen) atoms. The highest BCUT2D eigenvalue weighted by Crippen LogP contribution is 2.50. The zero-order chi connectivity index (χ0) is 31.5. The number of aliphatic hydroxyl groups is 1. The van der Waals surface area contributed by atoms with Gasteiger partial charge in [0.2, 0.25) is 17.7 Å². The first-order valence-corrected chi connectivity index (χ1v) is 16.3. The number of carbonyl (C=O) groups excluding carboxylic acids is 4. The van der Waals surface area contributed by atoms with E-state index in [0.29, 0.717) is 55.2 Å². The maximum absolute atomic E-state index is 13.9. The maximum atomic E-state index is 13.9. The molecule has 3 unspecified atom stereocenters. The zero-order valence-electron chi connectivity index (χ0n) is 25.6. The Kier molecular flexibility index (Phi) is 9.22. The van der Waals surface area contributed by atoms with Gasteiger partial charge in [0.05, 0.1) is 18.1 Å². The topological polar surface area (TPSA) is 119 Å². The standard InChI is InChI=1S/C36H42N4O5/c1-2-8-25(35(44)37-30-20-24-13-14-29(24)30)21-32(41)31(17-23-9-4-3-5-10-23)38-36(45)26-18-27(39-15-6-11-33(39)42)22-28(19-26)40-16-7-12-34(40)43/h1,3-5,9-10,18-19,22,24-25,29-32,41H,6-8,11-17,20-21H2,(H,37,44)(H,38,45)/t24?,25-,29?,30?,31+,32+/m1/s1. The van der Waals surface area contributed by atoms with E-state index in [0.717, 1.165) is 37.2 Å². The fourth-order valence-corrected chi connectivity index (χ4v) is 7.35. The van der Waals surface area contributed by atoms with Gasteiger partial charge in [-0.15, -0.1) is 12.3 Å². The third-order valence-electron chi connectivity index (χ3n) is 10.2. The molecule has 3 N–H and O–H groups in total. The van der Waals surface area contributed by atoms with Crippen molar-refractivity contribution >= 4 is 35.0 Å². The molecule has 2 aromatic rings. The summed E-state index contributed by atoms with van der Waals surface area (Å²) >= 11 is 0. The summed E-state index contributed by atoms with van der Waals surface area (Å²) in [6.07, 6.45) is 10.9. The first-order valence-electron chi connectivity index (χ1n) is 16.3. The number of fused-ring (bicyclic) bond motifs is 1. The molecule has 4 aliphatic rings. The van der Waals surface area contributed by atoms with Crippen LogP contribution >= 0.6 is 0 Å². The predicted octanol–water partition coefficient (Wildman–Crippen LogP) is 3.59. The van der Waals surface area contributed by atoms with Gasteiger partial charge in [-0.3, -0.25) is 19.2 Å². The Hall–Kier alpha value is -4.16. The largest absolute Gasteiger partial charge is 0.391 e. The molecule has 4 fully saturated rings. The molecule has 0 bridgehead atoms. The van der Waals surface area contributed by atoms with Crippen molar-refractivity contribution in [1.29, 1.82) is 0 Å². The van der Waals surface area contributed by atoms with E-state index in [1.54, 1.807) is 28.0 Å². The van der Waals surface area contributed by atoms with Crippen molar-refractivity contribution in [2.75, 3.05) is 22.9 Å². The minimum absolute atomic E-state index is 0.0174. The van der Waals surface area contributed by atoms with Gasteiger partial charge in [-0.25, -0.2) is 0 Å². The number of terminal acetylenes is 1. The van der Waals surface area contributed by atoms with E-state index in [2.05, 4.69) is 16.6 Å². The van der Waals surface area contributed by atoms with Crippen LogP contribution < -0.4 is 20.4 Å². The molecular formula is C36H42N4O5. The first-order chi connectivity index (χ1) is 21.8. The van der Waals surface area contributed by atoms with Gasteiger partial charge in [0, 0.05) is 55.3 Å². The Bertz CT molecular complexity index is 1440. The Morgan fingerprint density at radius 3 is 2.16 bits per heavy atom. The Balaban J connectivity index is 1.23. The number of aliphatic hydroxyl groups excluding tert-OH is 1. The summed E-state index contributed by atoms with van der Waals surface area (Å²) in [6.45, 7) is 1.10. The smallest absolute Gasteiger partial charge is 0.251 e. The third-order valence-corrected chi connectivity index (χ3v) is 10.2. The number of nitrogens with one attached hydrogen (secondary N) is 2. The lowest BCUT2D eigenvalue weighted by atomic mass is 9.56. The lowest BCUT2D eigenvalue weighted by molar-refractivity contribution is -0.130. The van der Waals surface area contributed by atoms with Crippen LogP contribution in [0.5, 0.6) is 0 Å². The average molecular weight is 611 g/mol. The fourth-order valence-electron chi connectivity index (χ4n) is 7.35. The molecule has 9 nitrogen and oxygen atoms in total. The molecule has 2 saturated heterocycles. The quantitative estimate of drug-likeness (QED) is 0.318. The molecule has 0 radical (unpaired) electrons. The summed E-state index contributed by atoms with van der Waals surface area (Å²) in [7, 11) is 0. The maximum Gasteiger partial charge on any atom is 0.251 e. The second kappa shape index (κ2) is 13.5. The van der Waals surface area contributed by atoms with Gasteiger partial charge in [-0.05, 0) is 80.5 Å². The summed E-state index contributed by atoms with van der Waals surface area (Å²) in [4.78, 5) is 55.8. The SMILES string of the molecule is C#CC[C@H](C[C@H](O)[C@H](Cc1ccccc1)NC(=O)c1cc(N2CCCC2=O)cc(N2CCCC2=O)c1)C(=O)NC1CC2CCC21. The molecule has 2 saturated carbocycles. The fraction of sp³-hybridized carbons (Fsp3) is 0.500. The molecule has 236 valence electrons. The van der Waals surface area contributed by atoms with Crippen LogP contribution in [-0.4, -0.2) is 60.0 Å². The summed E-state index contributed by atoms with van der Waals surface area (Å²) in [6, 6.07) is 14.2. The highest BCUT2D eigenvalue weighted by molar-refractivity contribution is 6.03. The van der Waals surface area contributed by atoms with E-state index < -0.39 is 24.0 Å². The minimum Gasteiger partial charge on any atom is -0.391 e. The Morgan fingerprint density at radius 2 is 1.64 bits per heavy atom. The van der Waals surface area contributed by atoms with Crippen molar-refractivity contribution in [2.45, 2.75) is 82.4 Å². The van der Waals surface area contributed by atoms with Crippen LogP contribution in [0.25, 0.3) is 0 Å². The highest BCUT2D eigenvalue weighted by Gasteiger charge is 2.48. The van der Waals surface area contributed by atoms with Crippen LogP contribution in [0.2, 0.25) is 0 Å². The van der Waals surface area contributed by atoms with Gasteiger partial charge in [0.1, 0.15) is 0 Å². The Morgan fingerprint density at radius 1 is 0.978 bits per heavy atom. The Labute approximate surface area is 264 Å².